The Labute approximate surface area is 152 Å². The molecule has 0 atom stereocenters. The molecule has 1 heterocycles. The molecule has 0 amide bonds. The summed E-state index contributed by atoms with van der Waals surface area (Å²) >= 11 is 0. The maximum Gasteiger partial charge on any atom is 0.261 e. The van der Waals surface area contributed by atoms with Crippen LogP contribution in [-0.4, -0.2) is 21.9 Å². The monoisotopic (exact) mass is 350 g/mol. The third-order valence-corrected chi connectivity index (χ3v) is 4.29. The van der Waals surface area contributed by atoms with Gasteiger partial charge in [0.15, 0.2) is 5.78 Å². The maximum absolute atomic E-state index is 12.4. The predicted molar refractivity (Wildman–Crippen MR) is 102 cm³/mol. The Morgan fingerprint density at radius 1 is 1.08 bits per heavy atom. The summed E-state index contributed by atoms with van der Waals surface area (Å²) in [5.74, 6) is 0.707. The standard InChI is InChI=1S/C21H22N2O3/c1-2-19(24)17-10-4-6-12-20(17)26-14-8-7-13-23-15-22-18-11-5-3-9-16(18)21(23)25/h3-6,9-12,15H,2,7-8,13-14H2,1H3. The van der Waals surface area contributed by atoms with Crippen LogP contribution >= 0.6 is 0 Å². The number of aromatic nitrogens is 2. The van der Waals surface area contributed by atoms with Gasteiger partial charge in [-0.25, -0.2) is 4.98 Å². The molecule has 0 aliphatic carbocycles. The fraction of sp³-hybridized carbons (Fsp3) is 0.286. The van der Waals surface area contributed by atoms with Crippen molar-refractivity contribution in [3.8, 4) is 5.75 Å². The predicted octanol–water partition coefficient (Wildman–Crippen LogP) is 3.85. The summed E-state index contributed by atoms with van der Waals surface area (Å²) in [6.07, 6.45) is 3.64. The number of hydrogen-bond donors (Lipinski definition) is 0. The number of fused-ring (bicyclic) bond motifs is 1. The van der Waals surface area contributed by atoms with Crippen molar-refractivity contribution in [1.29, 1.82) is 0 Å². The summed E-state index contributed by atoms with van der Waals surface area (Å²) < 4.78 is 7.41. The molecule has 26 heavy (non-hydrogen) atoms. The highest BCUT2D eigenvalue weighted by Gasteiger charge is 2.09. The number of unbranched alkanes of at least 4 members (excludes halogenated alkanes) is 1. The molecule has 5 heteroatoms. The second-order valence-corrected chi connectivity index (χ2v) is 6.09. The summed E-state index contributed by atoms with van der Waals surface area (Å²) in [7, 11) is 0. The van der Waals surface area contributed by atoms with Crippen LogP contribution in [0.1, 0.15) is 36.5 Å². The van der Waals surface area contributed by atoms with E-state index in [-0.39, 0.29) is 11.3 Å². The van der Waals surface area contributed by atoms with Crippen LogP contribution in [-0.2, 0) is 6.54 Å². The largest absolute Gasteiger partial charge is 0.493 e. The van der Waals surface area contributed by atoms with Crippen molar-refractivity contribution < 1.29 is 9.53 Å². The average molecular weight is 350 g/mol. The number of rotatable bonds is 8. The van der Waals surface area contributed by atoms with Gasteiger partial charge in [0.05, 0.1) is 29.4 Å². The average Bonchev–Trinajstić information content (AvgIpc) is 2.69. The van der Waals surface area contributed by atoms with Gasteiger partial charge in [0.2, 0.25) is 0 Å². The number of ketones is 1. The number of hydrogen-bond acceptors (Lipinski definition) is 4. The van der Waals surface area contributed by atoms with Crippen molar-refractivity contribution in [3.05, 3.63) is 70.8 Å². The van der Waals surface area contributed by atoms with E-state index in [9.17, 15) is 9.59 Å². The third-order valence-electron chi connectivity index (χ3n) is 4.29. The quantitative estimate of drug-likeness (QED) is 0.457. The molecular formula is C21H22N2O3. The van der Waals surface area contributed by atoms with E-state index in [2.05, 4.69) is 4.98 Å². The lowest BCUT2D eigenvalue weighted by Gasteiger charge is -2.11. The number of carbonyl (C=O) groups excluding carboxylic acids is 1. The zero-order valence-electron chi connectivity index (χ0n) is 14.9. The van der Waals surface area contributed by atoms with Crippen LogP contribution in [0.2, 0.25) is 0 Å². The molecule has 0 saturated carbocycles. The van der Waals surface area contributed by atoms with E-state index in [1.165, 1.54) is 0 Å². The molecule has 5 nitrogen and oxygen atoms in total. The highest BCUT2D eigenvalue weighted by Crippen LogP contribution is 2.20. The minimum Gasteiger partial charge on any atom is -0.493 e. The van der Waals surface area contributed by atoms with Gasteiger partial charge < -0.3 is 4.74 Å². The summed E-state index contributed by atoms with van der Waals surface area (Å²) in [6, 6.07) is 14.7. The van der Waals surface area contributed by atoms with E-state index in [4.69, 9.17) is 4.74 Å². The normalized spacial score (nSPS) is 10.8. The number of para-hydroxylation sites is 2. The Balaban J connectivity index is 1.55. The van der Waals surface area contributed by atoms with Gasteiger partial charge in [-0.2, -0.15) is 0 Å². The van der Waals surface area contributed by atoms with Gasteiger partial charge in [0.25, 0.3) is 5.56 Å². The lowest BCUT2D eigenvalue weighted by atomic mass is 10.1. The molecule has 0 aliphatic rings. The Hall–Kier alpha value is -2.95. The van der Waals surface area contributed by atoms with E-state index < -0.39 is 0 Å². The molecule has 0 aliphatic heterocycles. The minimum atomic E-state index is -0.0181. The first-order valence-corrected chi connectivity index (χ1v) is 8.90. The smallest absolute Gasteiger partial charge is 0.261 e. The van der Waals surface area contributed by atoms with Crippen LogP contribution in [0.4, 0.5) is 0 Å². The molecule has 0 spiro atoms. The van der Waals surface area contributed by atoms with Gasteiger partial charge in [-0.15, -0.1) is 0 Å². The zero-order chi connectivity index (χ0) is 18.4. The van der Waals surface area contributed by atoms with Crippen LogP contribution in [0, 0.1) is 0 Å². The van der Waals surface area contributed by atoms with Crippen molar-refractivity contribution in [2.45, 2.75) is 32.7 Å². The van der Waals surface area contributed by atoms with E-state index in [1.807, 2.05) is 43.3 Å². The zero-order valence-corrected chi connectivity index (χ0v) is 14.9. The fourth-order valence-corrected chi connectivity index (χ4v) is 2.85. The molecule has 0 radical (unpaired) electrons. The molecule has 2 aromatic carbocycles. The Kier molecular flexibility index (Phi) is 5.79. The van der Waals surface area contributed by atoms with Gasteiger partial charge in [0.1, 0.15) is 5.75 Å². The first-order valence-electron chi connectivity index (χ1n) is 8.90. The summed E-state index contributed by atoms with van der Waals surface area (Å²) in [5.41, 5.74) is 1.33. The number of benzene rings is 2. The number of ether oxygens (including phenoxy) is 1. The molecule has 134 valence electrons. The number of Topliss-reactive ketones (excluding diaryl/α,β-unsaturated/α-hetero) is 1. The third kappa shape index (κ3) is 3.99. The van der Waals surface area contributed by atoms with E-state index in [1.54, 1.807) is 23.0 Å². The number of nitrogens with zero attached hydrogens (tertiary/aromatic N) is 2. The molecule has 0 bridgehead atoms. The Bertz CT molecular complexity index is 963. The molecule has 0 saturated heterocycles. The van der Waals surface area contributed by atoms with Crippen molar-refractivity contribution in [1.82, 2.24) is 9.55 Å². The van der Waals surface area contributed by atoms with Gasteiger partial charge >= 0.3 is 0 Å². The maximum atomic E-state index is 12.4. The molecule has 1 aromatic heterocycles. The summed E-state index contributed by atoms with van der Waals surface area (Å²) in [4.78, 5) is 28.7. The van der Waals surface area contributed by atoms with Gasteiger partial charge in [-0.05, 0) is 37.1 Å². The van der Waals surface area contributed by atoms with Gasteiger partial charge in [0, 0.05) is 13.0 Å². The van der Waals surface area contributed by atoms with E-state index in [0.717, 1.165) is 12.8 Å². The van der Waals surface area contributed by atoms with E-state index in [0.29, 0.717) is 41.8 Å². The molecular weight excluding hydrogens is 328 g/mol. The first kappa shape index (κ1) is 17.9. The molecule has 0 N–H and O–H groups in total. The lowest BCUT2D eigenvalue weighted by molar-refractivity contribution is 0.0984. The molecule has 3 rings (SSSR count). The van der Waals surface area contributed by atoms with Gasteiger partial charge in [-0.1, -0.05) is 31.2 Å². The van der Waals surface area contributed by atoms with Crippen molar-refractivity contribution in [3.63, 3.8) is 0 Å². The van der Waals surface area contributed by atoms with Crippen LogP contribution < -0.4 is 10.3 Å². The Morgan fingerprint density at radius 3 is 2.69 bits per heavy atom. The van der Waals surface area contributed by atoms with Gasteiger partial charge in [-0.3, -0.25) is 14.2 Å². The highest BCUT2D eigenvalue weighted by molar-refractivity contribution is 5.98. The topological polar surface area (TPSA) is 61.2 Å². The Morgan fingerprint density at radius 2 is 1.85 bits per heavy atom. The molecule has 3 aromatic rings. The van der Waals surface area contributed by atoms with Crippen LogP contribution in [0.15, 0.2) is 59.7 Å². The molecule has 0 unspecified atom stereocenters. The number of carbonyl (C=O) groups is 1. The van der Waals surface area contributed by atoms with Crippen LogP contribution in [0.5, 0.6) is 5.75 Å². The highest BCUT2D eigenvalue weighted by atomic mass is 16.5. The second-order valence-electron chi connectivity index (χ2n) is 6.09. The van der Waals surface area contributed by atoms with Crippen molar-refractivity contribution in [2.24, 2.45) is 0 Å². The SMILES string of the molecule is CCC(=O)c1ccccc1OCCCCn1cnc2ccccc2c1=O. The van der Waals surface area contributed by atoms with Crippen LogP contribution in [0.3, 0.4) is 0 Å². The second kappa shape index (κ2) is 8.43. The minimum absolute atomic E-state index is 0.0181. The number of aryl methyl sites for hydroxylation is 1. The van der Waals surface area contributed by atoms with Crippen LogP contribution in [0.25, 0.3) is 10.9 Å². The lowest BCUT2D eigenvalue weighted by Crippen LogP contribution is -2.20. The first-order chi connectivity index (χ1) is 12.7. The van der Waals surface area contributed by atoms with Crippen molar-refractivity contribution >= 4 is 16.7 Å². The van der Waals surface area contributed by atoms with Crippen molar-refractivity contribution in [2.75, 3.05) is 6.61 Å². The summed E-state index contributed by atoms with van der Waals surface area (Å²) in [5, 5.41) is 0.637. The summed E-state index contributed by atoms with van der Waals surface area (Å²) in [6.45, 7) is 2.94. The van der Waals surface area contributed by atoms with E-state index >= 15 is 0 Å². The fourth-order valence-electron chi connectivity index (χ4n) is 2.85. The molecule has 0 fully saturated rings.